The lowest BCUT2D eigenvalue weighted by Gasteiger charge is -1.97. The van der Waals surface area contributed by atoms with Crippen molar-refractivity contribution in [2.75, 3.05) is 0 Å². The quantitative estimate of drug-likeness (QED) is 0.626. The smallest absolute Gasteiger partial charge is 0.205 e. The summed E-state index contributed by atoms with van der Waals surface area (Å²) in [7, 11) is 0. The van der Waals surface area contributed by atoms with Gasteiger partial charge in [0.05, 0.1) is 12.5 Å². The number of nitriles is 1. The first-order chi connectivity index (χ1) is 6.74. The monoisotopic (exact) mass is 191 g/mol. The molecule has 0 saturated heterocycles. The van der Waals surface area contributed by atoms with Crippen molar-refractivity contribution in [1.82, 2.24) is 0 Å². The number of hydrogen-bond donors (Lipinski definition) is 0. The topological polar surface area (TPSA) is 23.8 Å². The minimum atomic E-state index is -2.45. The second-order valence-corrected chi connectivity index (χ2v) is 2.56. The van der Waals surface area contributed by atoms with Gasteiger partial charge in [0.25, 0.3) is 6.43 Å². The van der Waals surface area contributed by atoms with E-state index in [0.29, 0.717) is 5.56 Å². The Hall–Kier alpha value is -1.87. The second kappa shape index (κ2) is 4.99. The standard InChI is InChI=1S/C11H7F2N/c12-11(13)10-6-4-9(5-7-10)3-1-2-8-14/h4-7,11H,2H2. The average Bonchev–Trinajstić information content (AvgIpc) is 2.19. The molecule has 1 aromatic carbocycles. The molecule has 0 radical (unpaired) electrons. The zero-order valence-corrected chi connectivity index (χ0v) is 7.30. The lowest BCUT2D eigenvalue weighted by molar-refractivity contribution is 0.151. The molecule has 0 bridgehead atoms. The lowest BCUT2D eigenvalue weighted by atomic mass is 10.1. The molecular formula is C11H7F2N. The van der Waals surface area contributed by atoms with Crippen LogP contribution in [0.3, 0.4) is 0 Å². The molecule has 0 aromatic heterocycles. The molecule has 0 fully saturated rings. The molecule has 70 valence electrons. The minimum absolute atomic E-state index is 0.0177. The van der Waals surface area contributed by atoms with Gasteiger partial charge in [0.2, 0.25) is 0 Å². The fourth-order valence-corrected chi connectivity index (χ4v) is 0.898. The normalized spacial score (nSPS) is 9.00. The van der Waals surface area contributed by atoms with Crippen molar-refractivity contribution >= 4 is 0 Å². The lowest BCUT2D eigenvalue weighted by Crippen LogP contribution is -1.83. The summed E-state index contributed by atoms with van der Waals surface area (Å²) in [6, 6.07) is 7.58. The van der Waals surface area contributed by atoms with Crippen LogP contribution < -0.4 is 0 Å². The van der Waals surface area contributed by atoms with Crippen LogP contribution in [0, 0.1) is 23.2 Å². The average molecular weight is 191 g/mol. The molecule has 1 nitrogen and oxygen atoms in total. The summed E-state index contributed by atoms with van der Waals surface area (Å²) in [4.78, 5) is 0. The molecule has 0 aliphatic rings. The van der Waals surface area contributed by atoms with Gasteiger partial charge in [0.1, 0.15) is 0 Å². The Kier molecular flexibility index (Phi) is 3.64. The Morgan fingerprint density at radius 1 is 1.21 bits per heavy atom. The highest BCUT2D eigenvalue weighted by atomic mass is 19.3. The molecule has 0 heterocycles. The molecule has 0 unspecified atom stereocenters. The highest BCUT2D eigenvalue weighted by molar-refractivity contribution is 5.36. The van der Waals surface area contributed by atoms with Crippen LogP contribution in [0.4, 0.5) is 8.78 Å². The number of benzene rings is 1. The fraction of sp³-hybridized carbons (Fsp3) is 0.182. The van der Waals surface area contributed by atoms with Gasteiger partial charge in [0, 0.05) is 11.1 Å². The van der Waals surface area contributed by atoms with Crippen molar-refractivity contribution in [1.29, 1.82) is 5.26 Å². The molecule has 0 N–H and O–H groups in total. The van der Waals surface area contributed by atoms with E-state index < -0.39 is 6.43 Å². The first-order valence-corrected chi connectivity index (χ1v) is 3.98. The molecule has 0 saturated carbocycles. The molecule has 1 aromatic rings. The van der Waals surface area contributed by atoms with E-state index in [1.54, 1.807) is 0 Å². The highest BCUT2D eigenvalue weighted by Gasteiger charge is 2.04. The Labute approximate surface area is 81.0 Å². The zero-order valence-electron chi connectivity index (χ0n) is 7.30. The van der Waals surface area contributed by atoms with E-state index in [1.165, 1.54) is 24.3 Å². The van der Waals surface area contributed by atoms with Gasteiger partial charge in [-0.3, -0.25) is 0 Å². The van der Waals surface area contributed by atoms with Crippen LogP contribution in [-0.2, 0) is 0 Å². The predicted octanol–water partition coefficient (Wildman–Crippen LogP) is 2.89. The van der Waals surface area contributed by atoms with Crippen molar-refractivity contribution in [2.45, 2.75) is 12.8 Å². The maximum absolute atomic E-state index is 12.1. The molecule has 0 amide bonds. The van der Waals surface area contributed by atoms with E-state index in [-0.39, 0.29) is 12.0 Å². The third kappa shape index (κ3) is 2.88. The van der Waals surface area contributed by atoms with Gasteiger partial charge in [0.15, 0.2) is 0 Å². The Balaban J connectivity index is 2.76. The third-order valence-electron chi connectivity index (χ3n) is 1.56. The van der Waals surface area contributed by atoms with Crippen molar-refractivity contribution in [2.24, 2.45) is 0 Å². The zero-order chi connectivity index (χ0) is 10.4. The van der Waals surface area contributed by atoms with Crippen LogP contribution in [0.25, 0.3) is 0 Å². The Bertz CT molecular complexity index is 390. The van der Waals surface area contributed by atoms with E-state index in [0.717, 1.165) is 0 Å². The summed E-state index contributed by atoms with van der Waals surface area (Å²) < 4.78 is 24.3. The molecule has 0 atom stereocenters. The molecule has 1 rings (SSSR count). The van der Waals surface area contributed by atoms with E-state index in [1.807, 2.05) is 6.07 Å². The molecule has 3 heteroatoms. The predicted molar refractivity (Wildman–Crippen MR) is 48.5 cm³/mol. The summed E-state index contributed by atoms with van der Waals surface area (Å²) >= 11 is 0. The number of hydrogen-bond acceptors (Lipinski definition) is 1. The van der Waals surface area contributed by atoms with E-state index in [4.69, 9.17) is 5.26 Å². The number of nitrogens with zero attached hydrogens (tertiary/aromatic N) is 1. The summed E-state index contributed by atoms with van der Waals surface area (Å²) in [6.45, 7) is 0. The fourth-order valence-electron chi connectivity index (χ4n) is 0.898. The van der Waals surface area contributed by atoms with Crippen molar-refractivity contribution in [3.05, 3.63) is 35.4 Å². The summed E-state index contributed by atoms with van der Waals surface area (Å²) in [5.41, 5.74) is 0.625. The SMILES string of the molecule is N#CCC#Cc1ccc(C(F)F)cc1. The van der Waals surface area contributed by atoms with Crippen LogP contribution in [0.15, 0.2) is 24.3 Å². The Morgan fingerprint density at radius 3 is 2.36 bits per heavy atom. The number of alkyl halides is 2. The van der Waals surface area contributed by atoms with E-state index >= 15 is 0 Å². The first-order valence-electron chi connectivity index (χ1n) is 3.98. The van der Waals surface area contributed by atoms with Crippen molar-refractivity contribution < 1.29 is 8.78 Å². The molecule has 0 aliphatic heterocycles. The minimum Gasteiger partial charge on any atom is -0.205 e. The molecule has 14 heavy (non-hydrogen) atoms. The van der Waals surface area contributed by atoms with Crippen molar-refractivity contribution in [3.63, 3.8) is 0 Å². The number of rotatable bonds is 1. The maximum Gasteiger partial charge on any atom is 0.263 e. The molecule has 0 spiro atoms. The highest BCUT2D eigenvalue weighted by Crippen LogP contribution is 2.18. The summed E-state index contributed by atoms with van der Waals surface area (Å²) in [5.74, 6) is 5.30. The van der Waals surface area contributed by atoms with Crippen LogP contribution in [0.2, 0.25) is 0 Å². The summed E-state index contributed by atoms with van der Waals surface area (Å²) in [6.07, 6.45) is -2.30. The van der Waals surface area contributed by atoms with Crippen LogP contribution in [0.1, 0.15) is 24.0 Å². The van der Waals surface area contributed by atoms with Gasteiger partial charge in [-0.1, -0.05) is 24.0 Å². The van der Waals surface area contributed by atoms with Crippen molar-refractivity contribution in [3.8, 4) is 17.9 Å². The molecular weight excluding hydrogens is 184 g/mol. The maximum atomic E-state index is 12.1. The van der Waals surface area contributed by atoms with Crippen LogP contribution in [0.5, 0.6) is 0 Å². The van der Waals surface area contributed by atoms with Gasteiger partial charge >= 0.3 is 0 Å². The summed E-state index contributed by atoms with van der Waals surface area (Å²) in [5, 5.41) is 8.21. The molecule has 0 aliphatic carbocycles. The van der Waals surface area contributed by atoms with Crippen LogP contribution in [-0.4, -0.2) is 0 Å². The van der Waals surface area contributed by atoms with Gasteiger partial charge in [-0.2, -0.15) is 5.26 Å². The van der Waals surface area contributed by atoms with Gasteiger partial charge in [-0.15, -0.1) is 0 Å². The first kappa shape index (κ1) is 10.2. The van der Waals surface area contributed by atoms with Gasteiger partial charge < -0.3 is 0 Å². The Morgan fingerprint density at radius 2 is 1.86 bits per heavy atom. The largest absolute Gasteiger partial charge is 0.263 e. The number of halogens is 2. The van der Waals surface area contributed by atoms with Crippen LogP contribution >= 0.6 is 0 Å². The van der Waals surface area contributed by atoms with E-state index in [9.17, 15) is 8.78 Å². The van der Waals surface area contributed by atoms with Gasteiger partial charge in [-0.25, -0.2) is 8.78 Å². The van der Waals surface area contributed by atoms with Gasteiger partial charge in [-0.05, 0) is 12.1 Å². The second-order valence-electron chi connectivity index (χ2n) is 2.56. The third-order valence-corrected chi connectivity index (χ3v) is 1.56. The van der Waals surface area contributed by atoms with E-state index in [2.05, 4.69) is 11.8 Å².